The summed E-state index contributed by atoms with van der Waals surface area (Å²) in [5, 5.41) is 41.0. The van der Waals surface area contributed by atoms with Crippen LogP contribution >= 0.6 is 11.6 Å². The van der Waals surface area contributed by atoms with Gasteiger partial charge in [-0.1, -0.05) is 11.6 Å². The Morgan fingerprint density at radius 1 is 1.12 bits per heavy atom. The molecular weight excluding hydrogens is 454 g/mol. The third kappa shape index (κ3) is 4.31. The highest BCUT2D eigenvalue weighted by Crippen LogP contribution is 2.36. The first-order valence-electron chi connectivity index (χ1n) is 10.2. The smallest absolute Gasteiger partial charge is 0.229 e. The summed E-state index contributed by atoms with van der Waals surface area (Å²) in [4.78, 5) is 12.3. The fraction of sp³-hybridized carbons (Fsp3) is 0.348. The molecule has 10 heteroatoms. The summed E-state index contributed by atoms with van der Waals surface area (Å²) in [5.41, 5.74) is 1.57. The fourth-order valence-corrected chi connectivity index (χ4v) is 4.05. The van der Waals surface area contributed by atoms with Crippen molar-refractivity contribution in [2.75, 3.05) is 13.7 Å². The van der Waals surface area contributed by atoms with E-state index in [-0.39, 0.29) is 11.5 Å². The molecular formula is C23H24ClNO8. The van der Waals surface area contributed by atoms with Crippen molar-refractivity contribution in [2.24, 2.45) is 0 Å². The topological polar surface area (TPSA) is 131 Å². The lowest BCUT2D eigenvalue weighted by Crippen LogP contribution is -2.60. The third-order valence-corrected chi connectivity index (χ3v) is 5.90. The number of benzene rings is 2. The van der Waals surface area contributed by atoms with Crippen molar-refractivity contribution >= 4 is 28.3 Å². The molecule has 0 unspecified atom stereocenters. The number of hydrogen-bond acceptors (Lipinski definition) is 8. The molecule has 0 bridgehead atoms. The number of methoxy groups -OCH3 is 1. The second-order valence-corrected chi connectivity index (χ2v) is 8.22. The summed E-state index contributed by atoms with van der Waals surface area (Å²) >= 11 is 6.24. The van der Waals surface area contributed by atoms with E-state index in [1.807, 2.05) is 0 Å². The van der Waals surface area contributed by atoms with Crippen LogP contribution in [-0.2, 0) is 4.74 Å². The van der Waals surface area contributed by atoms with Crippen LogP contribution in [0.2, 0.25) is 5.02 Å². The van der Waals surface area contributed by atoms with E-state index < -0.39 is 37.3 Å². The number of aliphatic hydroxyl groups is 4. The Kier molecular flexibility index (Phi) is 6.62. The highest BCUT2D eigenvalue weighted by Gasteiger charge is 2.45. The molecule has 5 atom stereocenters. The summed E-state index contributed by atoms with van der Waals surface area (Å²) < 4.78 is 18.4. The minimum atomic E-state index is -1.58. The molecule has 4 rings (SSSR count). The largest absolute Gasteiger partial charge is 0.497 e. The highest BCUT2D eigenvalue weighted by molar-refractivity contribution is 6.31. The molecule has 1 fully saturated rings. The van der Waals surface area contributed by atoms with E-state index in [0.29, 0.717) is 32.9 Å². The molecule has 0 saturated carbocycles. The van der Waals surface area contributed by atoms with Gasteiger partial charge in [-0.3, -0.25) is 4.79 Å². The van der Waals surface area contributed by atoms with E-state index in [1.54, 1.807) is 47.2 Å². The average molecular weight is 478 g/mol. The zero-order chi connectivity index (χ0) is 23.9. The van der Waals surface area contributed by atoms with Crippen LogP contribution in [0.3, 0.4) is 0 Å². The Labute approximate surface area is 194 Å². The molecule has 0 radical (unpaired) electrons. The Balaban J connectivity index is 1.83. The summed E-state index contributed by atoms with van der Waals surface area (Å²) in [6.45, 7) is 0.878. The highest BCUT2D eigenvalue weighted by atomic mass is 35.5. The molecule has 1 aromatic heterocycles. The van der Waals surface area contributed by atoms with Gasteiger partial charge < -0.3 is 39.2 Å². The fourth-order valence-electron chi connectivity index (χ4n) is 3.89. The van der Waals surface area contributed by atoms with Crippen LogP contribution in [-0.4, -0.2) is 75.2 Å². The molecule has 2 heterocycles. The zero-order valence-electron chi connectivity index (χ0n) is 17.9. The van der Waals surface area contributed by atoms with Crippen molar-refractivity contribution in [3.05, 3.63) is 53.2 Å². The first-order valence-corrected chi connectivity index (χ1v) is 10.6. The summed E-state index contributed by atoms with van der Waals surface area (Å²) in [5.74, 6) is 0.645. The predicted octanol–water partition coefficient (Wildman–Crippen LogP) is 1.67. The van der Waals surface area contributed by atoms with Crippen LogP contribution in [0, 0.1) is 0 Å². The molecule has 2 aromatic carbocycles. The van der Waals surface area contributed by atoms with Crippen molar-refractivity contribution in [1.29, 1.82) is 0 Å². The van der Waals surface area contributed by atoms with E-state index >= 15 is 0 Å². The number of aromatic nitrogens is 1. The standard InChI is InChI=1S/C23H24ClNO8/c1-11(27)14-6-4-13(31-2)8-17(14)25-9-18(15-5-3-12(24)7-16(15)25)32-23-22(30)21(29)20(28)19(10-26)33-23/h3-9,19-23,26,28-30H,10H2,1-2H3/t19-,20+,21+,22-,23-/m1/s1. The van der Waals surface area contributed by atoms with Gasteiger partial charge in [-0.25, -0.2) is 0 Å². The van der Waals surface area contributed by atoms with Gasteiger partial charge in [0, 0.05) is 22.0 Å². The molecule has 1 aliphatic heterocycles. The van der Waals surface area contributed by atoms with Crippen molar-refractivity contribution in [2.45, 2.75) is 37.6 Å². The van der Waals surface area contributed by atoms with Crippen LogP contribution in [0.4, 0.5) is 0 Å². The molecule has 0 aliphatic carbocycles. The molecule has 3 aromatic rings. The van der Waals surface area contributed by atoms with Gasteiger partial charge in [-0.2, -0.15) is 0 Å². The minimum Gasteiger partial charge on any atom is -0.497 e. The van der Waals surface area contributed by atoms with Gasteiger partial charge >= 0.3 is 0 Å². The molecule has 1 aliphatic rings. The molecule has 176 valence electrons. The van der Waals surface area contributed by atoms with E-state index in [2.05, 4.69) is 0 Å². The molecule has 0 spiro atoms. The number of carbonyl (C=O) groups is 1. The average Bonchev–Trinajstić information content (AvgIpc) is 3.15. The quantitative estimate of drug-likeness (QED) is 0.394. The van der Waals surface area contributed by atoms with E-state index in [4.69, 9.17) is 25.8 Å². The van der Waals surface area contributed by atoms with Crippen LogP contribution in [0.5, 0.6) is 11.5 Å². The lowest BCUT2D eigenvalue weighted by molar-refractivity contribution is -0.277. The number of carbonyl (C=O) groups excluding carboxylic acids is 1. The zero-order valence-corrected chi connectivity index (χ0v) is 18.6. The molecule has 1 saturated heterocycles. The summed E-state index contributed by atoms with van der Waals surface area (Å²) in [6, 6.07) is 10.1. The number of halogens is 1. The van der Waals surface area contributed by atoms with Gasteiger partial charge in [0.25, 0.3) is 0 Å². The van der Waals surface area contributed by atoms with Gasteiger partial charge in [0.1, 0.15) is 35.9 Å². The van der Waals surface area contributed by atoms with Crippen molar-refractivity contribution in [1.82, 2.24) is 4.57 Å². The van der Waals surface area contributed by atoms with Gasteiger partial charge in [-0.15, -0.1) is 0 Å². The van der Waals surface area contributed by atoms with Gasteiger partial charge in [0.2, 0.25) is 6.29 Å². The minimum absolute atomic E-state index is 0.159. The van der Waals surface area contributed by atoms with Gasteiger partial charge in [0.15, 0.2) is 5.78 Å². The normalized spacial score (nSPS) is 25.2. The Bertz CT molecular complexity index is 1180. The number of hydrogen-bond donors (Lipinski definition) is 4. The number of fused-ring (bicyclic) bond motifs is 1. The summed E-state index contributed by atoms with van der Waals surface area (Å²) in [7, 11) is 1.52. The third-order valence-electron chi connectivity index (χ3n) is 5.67. The maximum absolute atomic E-state index is 12.3. The Morgan fingerprint density at radius 3 is 2.55 bits per heavy atom. The molecule has 0 amide bonds. The van der Waals surface area contributed by atoms with Crippen LogP contribution in [0.15, 0.2) is 42.6 Å². The number of Topliss-reactive ketones (excluding diaryl/α,β-unsaturated/α-hetero) is 1. The molecule has 33 heavy (non-hydrogen) atoms. The van der Waals surface area contributed by atoms with Crippen molar-refractivity contribution in [3.8, 4) is 17.2 Å². The number of rotatable bonds is 6. The first-order chi connectivity index (χ1) is 15.7. The van der Waals surface area contributed by atoms with E-state index in [9.17, 15) is 25.2 Å². The summed E-state index contributed by atoms with van der Waals surface area (Å²) in [6.07, 6.45) is -5.53. The number of aliphatic hydroxyl groups excluding tert-OH is 4. The van der Waals surface area contributed by atoms with Crippen LogP contribution in [0.25, 0.3) is 16.6 Å². The van der Waals surface area contributed by atoms with Crippen LogP contribution < -0.4 is 9.47 Å². The van der Waals surface area contributed by atoms with E-state index in [1.165, 1.54) is 14.0 Å². The molecule has 9 nitrogen and oxygen atoms in total. The van der Waals surface area contributed by atoms with Crippen molar-refractivity contribution in [3.63, 3.8) is 0 Å². The number of ketones is 1. The number of ether oxygens (including phenoxy) is 3. The van der Waals surface area contributed by atoms with Crippen LogP contribution in [0.1, 0.15) is 17.3 Å². The monoisotopic (exact) mass is 477 g/mol. The van der Waals surface area contributed by atoms with Crippen molar-refractivity contribution < 1.29 is 39.4 Å². The predicted molar refractivity (Wildman–Crippen MR) is 119 cm³/mol. The second kappa shape index (κ2) is 9.30. The second-order valence-electron chi connectivity index (χ2n) is 7.78. The molecule has 4 N–H and O–H groups in total. The van der Waals surface area contributed by atoms with Gasteiger partial charge in [0.05, 0.1) is 31.1 Å². The Hall–Kier alpha value is -2.66. The van der Waals surface area contributed by atoms with E-state index in [0.717, 1.165) is 0 Å². The lowest BCUT2D eigenvalue weighted by Gasteiger charge is -2.39. The first kappa shape index (κ1) is 23.5. The van der Waals surface area contributed by atoms with Gasteiger partial charge in [-0.05, 0) is 37.3 Å². The Morgan fingerprint density at radius 2 is 1.88 bits per heavy atom. The maximum atomic E-state index is 12.3. The SMILES string of the molecule is COc1ccc(C(C)=O)c(-n2cc(O[C@@H]3O[C@H](CO)[C@H](O)[C@H](O)[C@H]3O)c3ccc(Cl)cc32)c1. The number of nitrogens with zero attached hydrogens (tertiary/aromatic N) is 1. The lowest BCUT2D eigenvalue weighted by atomic mass is 9.99. The maximum Gasteiger partial charge on any atom is 0.229 e.